The summed E-state index contributed by atoms with van der Waals surface area (Å²) in [5.74, 6) is -0.814. The van der Waals surface area contributed by atoms with Crippen LogP contribution in [0.5, 0.6) is 0 Å². The van der Waals surface area contributed by atoms with Crippen molar-refractivity contribution in [1.29, 1.82) is 0 Å². The summed E-state index contributed by atoms with van der Waals surface area (Å²) in [5.41, 5.74) is 3.77. The summed E-state index contributed by atoms with van der Waals surface area (Å²) < 4.78 is 6.76. The van der Waals surface area contributed by atoms with Gasteiger partial charge in [-0.1, -0.05) is 55.5 Å². The lowest BCUT2D eigenvalue weighted by atomic mass is 10.1. The number of nitrogens with one attached hydrogen (secondary N) is 1. The molecular formula is C27H27N3O4S. The number of carbonyl (C=O) groups excluding carboxylic acids is 2. The molecule has 4 aromatic rings. The van der Waals surface area contributed by atoms with Crippen LogP contribution in [0.4, 0.5) is 5.69 Å². The maximum Gasteiger partial charge on any atom is 0.349 e. The number of esters is 1. The summed E-state index contributed by atoms with van der Waals surface area (Å²) in [5, 5.41) is 3.30. The summed E-state index contributed by atoms with van der Waals surface area (Å²) >= 11 is 1.12. The normalized spacial score (nSPS) is 11.9. The SMILES string of the molecule is CCc1cccc(C)c1NC(=O)C(C)n1cnc2sc(C(=O)OCc3ccccc3)c(C)c2c1=O. The number of nitrogens with zero attached hydrogens (tertiary/aromatic N) is 2. The first-order valence-corrected chi connectivity index (χ1v) is 12.2. The molecule has 1 amide bonds. The van der Waals surface area contributed by atoms with Crippen molar-refractivity contribution in [3.05, 3.63) is 92.3 Å². The third-order valence-electron chi connectivity index (χ3n) is 6.06. The number of hydrogen-bond donors (Lipinski definition) is 1. The van der Waals surface area contributed by atoms with Crippen LogP contribution >= 0.6 is 11.3 Å². The highest BCUT2D eigenvalue weighted by atomic mass is 32.1. The molecule has 1 unspecified atom stereocenters. The molecule has 0 saturated carbocycles. The highest BCUT2D eigenvalue weighted by Crippen LogP contribution is 2.28. The molecule has 0 fully saturated rings. The molecule has 0 bridgehead atoms. The second kappa shape index (κ2) is 10.2. The monoisotopic (exact) mass is 489 g/mol. The van der Waals surface area contributed by atoms with Gasteiger partial charge in [0.1, 0.15) is 22.4 Å². The van der Waals surface area contributed by atoms with Gasteiger partial charge >= 0.3 is 5.97 Å². The largest absolute Gasteiger partial charge is 0.457 e. The van der Waals surface area contributed by atoms with E-state index >= 15 is 0 Å². The van der Waals surface area contributed by atoms with E-state index in [1.165, 1.54) is 10.9 Å². The molecular weight excluding hydrogens is 462 g/mol. The smallest absolute Gasteiger partial charge is 0.349 e. The van der Waals surface area contributed by atoms with Gasteiger partial charge in [0.25, 0.3) is 5.56 Å². The molecule has 2 heterocycles. The number of hydrogen-bond acceptors (Lipinski definition) is 6. The third kappa shape index (κ3) is 4.88. The molecule has 0 aliphatic rings. The van der Waals surface area contributed by atoms with Crippen molar-refractivity contribution in [2.75, 3.05) is 5.32 Å². The third-order valence-corrected chi connectivity index (χ3v) is 7.24. The number of rotatable bonds is 7. The van der Waals surface area contributed by atoms with Gasteiger partial charge in [0, 0.05) is 5.69 Å². The number of thiophene rings is 1. The van der Waals surface area contributed by atoms with Crippen molar-refractivity contribution in [2.24, 2.45) is 0 Å². The molecule has 35 heavy (non-hydrogen) atoms. The predicted octanol–water partition coefficient (Wildman–Crippen LogP) is 5.19. The molecule has 0 aliphatic carbocycles. The molecule has 2 aromatic carbocycles. The lowest BCUT2D eigenvalue weighted by Crippen LogP contribution is -2.32. The van der Waals surface area contributed by atoms with Crippen LogP contribution in [0.2, 0.25) is 0 Å². The number of fused-ring (bicyclic) bond motifs is 1. The lowest BCUT2D eigenvalue weighted by molar-refractivity contribution is -0.118. The van der Waals surface area contributed by atoms with Crippen molar-refractivity contribution in [1.82, 2.24) is 9.55 Å². The molecule has 7 nitrogen and oxygen atoms in total. The molecule has 8 heteroatoms. The van der Waals surface area contributed by atoms with Crippen LogP contribution in [-0.2, 0) is 22.6 Å². The van der Waals surface area contributed by atoms with Gasteiger partial charge in [0.15, 0.2) is 0 Å². The van der Waals surface area contributed by atoms with Crippen LogP contribution < -0.4 is 10.9 Å². The number of aromatic nitrogens is 2. The van der Waals surface area contributed by atoms with Crippen LogP contribution in [0.15, 0.2) is 59.7 Å². The first-order valence-electron chi connectivity index (χ1n) is 11.4. The fraction of sp³-hybridized carbons (Fsp3) is 0.259. The molecule has 1 atom stereocenters. The number of anilines is 1. The Balaban J connectivity index is 1.59. The van der Waals surface area contributed by atoms with Gasteiger partial charge in [-0.3, -0.25) is 14.2 Å². The average Bonchev–Trinajstić information content (AvgIpc) is 3.21. The Morgan fingerprint density at radius 1 is 1.11 bits per heavy atom. The molecule has 0 spiro atoms. The van der Waals surface area contributed by atoms with E-state index in [-0.39, 0.29) is 18.1 Å². The fourth-order valence-corrected chi connectivity index (χ4v) is 4.99. The van der Waals surface area contributed by atoms with Gasteiger partial charge in [-0.15, -0.1) is 11.3 Å². The van der Waals surface area contributed by atoms with E-state index in [0.717, 1.165) is 40.1 Å². The van der Waals surface area contributed by atoms with E-state index in [2.05, 4.69) is 10.3 Å². The van der Waals surface area contributed by atoms with E-state index < -0.39 is 12.0 Å². The second-order valence-corrected chi connectivity index (χ2v) is 9.38. The summed E-state index contributed by atoms with van der Waals surface area (Å²) in [7, 11) is 0. The molecule has 2 aromatic heterocycles. The van der Waals surface area contributed by atoms with Gasteiger partial charge < -0.3 is 10.1 Å². The van der Waals surface area contributed by atoms with Crippen LogP contribution in [0.1, 0.15) is 51.8 Å². The van der Waals surface area contributed by atoms with Crippen LogP contribution in [0.3, 0.4) is 0 Å². The number of amides is 1. The van der Waals surface area contributed by atoms with Crippen LogP contribution in [0, 0.1) is 13.8 Å². The minimum Gasteiger partial charge on any atom is -0.457 e. The summed E-state index contributed by atoms with van der Waals surface area (Å²) in [4.78, 5) is 44.3. The number of para-hydroxylation sites is 1. The Morgan fingerprint density at radius 2 is 1.86 bits per heavy atom. The average molecular weight is 490 g/mol. The molecule has 0 aliphatic heterocycles. The van der Waals surface area contributed by atoms with Gasteiger partial charge in [-0.2, -0.15) is 0 Å². The van der Waals surface area contributed by atoms with Gasteiger partial charge in [0.2, 0.25) is 5.91 Å². The van der Waals surface area contributed by atoms with Crippen molar-refractivity contribution in [3.8, 4) is 0 Å². The van der Waals surface area contributed by atoms with Crippen molar-refractivity contribution >= 4 is 39.1 Å². The number of ether oxygens (including phenoxy) is 1. The van der Waals surface area contributed by atoms with Gasteiger partial charge in [-0.05, 0) is 49.4 Å². The first kappa shape index (κ1) is 24.3. The quantitative estimate of drug-likeness (QED) is 0.361. The summed E-state index contributed by atoms with van der Waals surface area (Å²) in [6.07, 6.45) is 2.14. The number of aryl methyl sites for hydroxylation is 3. The Bertz CT molecular complexity index is 1460. The van der Waals surface area contributed by atoms with Gasteiger partial charge in [0.05, 0.1) is 11.7 Å². The zero-order valence-corrected chi connectivity index (χ0v) is 20.9. The van der Waals surface area contributed by atoms with Crippen LogP contribution in [-0.4, -0.2) is 21.4 Å². The van der Waals surface area contributed by atoms with Crippen LogP contribution in [0.25, 0.3) is 10.2 Å². The van der Waals surface area contributed by atoms with E-state index in [0.29, 0.717) is 20.7 Å². The maximum absolute atomic E-state index is 13.4. The Hall–Kier alpha value is -3.78. The highest BCUT2D eigenvalue weighted by molar-refractivity contribution is 7.20. The van der Waals surface area contributed by atoms with E-state index in [4.69, 9.17) is 4.74 Å². The fourth-order valence-electron chi connectivity index (χ4n) is 3.95. The van der Waals surface area contributed by atoms with E-state index in [1.807, 2.05) is 62.4 Å². The van der Waals surface area contributed by atoms with Crippen molar-refractivity contribution < 1.29 is 14.3 Å². The first-order chi connectivity index (χ1) is 16.8. The standard InChI is InChI=1S/C27H27N3O4S/c1-5-20-13-9-10-16(2)22(20)29-24(31)18(4)30-15-28-25-21(26(30)32)17(3)23(35-25)27(33)34-14-19-11-7-6-8-12-19/h6-13,15,18H,5,14H2,1-4H3,(H,29,31). The Kier molecular flexibility index (Phi) is 7.12. The molecule has 0 saturated heterocycles. The minimum absolute atomic E-state index is 0.140. The molecule has 0 radical (unpaired) electrons. The lowest BCUT2D eigenvalue weighted by Gasteiger charge is -2.18. The zero-order valence-electron chi connectivity index (χ0n) is 20.1. The number of carbonyl (C=O) groups is 2. The molecule has 4 rings (SSSR count). The second-order valence-electron chi connectivity index (χ2n) is 8.38. The Morgan fingerprint density at radius 3 is 2.57 bits per heavy atom. The highest BCUT2D eigenvalue weighted by Gasteiger charge is 2.24. The summed E-state index contributed by atoms with van der Waals surface area (Å²) in [6.45, 7) is 7.47. The number of benzene rings is 2. The van der Waals surface area contributed by atoms with Gasteiger partial charge in [-0.25, -0.2) is 9.78 Å². The molecule has 1 N–H and O–H groups in total. The van der Waals surface area contributed by atoms with E-state index in [9.17, 15) is 14.4 Å². The Labute approximate surface area is 207 Å². The topological polar surface area (TPSA) is 90.3 Å². The predicted molar refractivity (Wildman–Crippen MR) is 138 cm³/mol. The summed E-state index contributed by atoms with van der Waals surface area (Å²) in [6, 6.07) is 14.5. The van der Waals surface area contributed by atoms with Crippen molar-refractivity contribution in [3.63, 3.8) is 0 Å². The zero-order chi connectivity index (χ0) is 25.1. The van der Waals surface area contributed by atoms with Crippen molar-refractivity contribution in [2.45, 2.75) is 46.8 Å². The van der Waals surface area contributed by atoms with E-state index in [1.54, 1.807) is 13.8 Å². The minimum atomic E-state index is -0.795. The molecule has 180 valence electrons. The maximum atomic E-state index is 13.4.